The van der Waals surface area contributed by atoms with Crippen LogP contribution in [0.3, 0.4) is 0 Å². The summed E-state index contributed by atoms with van der Waals surface area (Å²) in [7, 11) is 0. The Bertz CT molecular complexity index is 684. The molecule has 1 fully saturated rings. The third kappa shape index (κ3) is 4.01. The summed E-state index contributed by atoms with van der Waals surface area (Å²) in [6.07, 6.45) is 3.50. The second-order valence-electron chi connectivity index (χ2n) is 6.95. The zero-order valence-corrected chi connectivity index (χ0v) is 14.5. The Hall–Kier alpha value is -2.18. The van der Waals surface area contributed by atoms with Gasteiger partial charge in [-0.05, 0) is 31.1 Å². The van der Waals surface area contributed by atoms with Gasteiger partial charge in [-0.1, -0.05) is 24.2 Å². The Kier molecular flexibility index (Phi) is 4.97. The quantitative estimate of drug-likeness (QED) is 0.837. The number of piperidine rings is 1. The van der Waals surface area contributed by atoms with Gasteiger partial charge in [0.15, 0.2) is 5.82 Å². The predicted octanol–water partition coefficient (Wildman–Crippen LogP) is 2.66. The molecule has 1 amide bonds. The van der Waals surface area contributed by atoms with Crippen molar-refractivity contribution >= 4 is 5.91 Å². The Labute approximate surface area is 141 Å². The second kappa shape index (κ2) is 7.15. The molecule has 1 saturated heterocycles. The number of aromatic nitrogens is 3. The topological polar surface area (TPSA) is 85.3 Å². The monoisotopic (exact) mass is 332 g/mol. The molecule has 130 valence electrons. The number of amides is 1. The zero-order chi connectivity index (χ0) is 17.1. The van der Waals surface area contributed by atoms with Crippen LogP contribution in [-0.2, 0) is 12.8 Å². The largest absolute Gasteiger partial charge is 0.351 e. The zero-order valence-electron chi connectivity index (χ0n) is 14.5. The molecule has 7 nitrogen and oxygen atoms in total. The first kappa shape index (κ1) is 16.7. The number of likely N-dealkylation sites (tertiary alicyclic amines) is 1. The van der Waals surface area contributed by atoms with E-state index in [0.717, 1.165) is 50.3 Å². The maximum atomic E-state index is 12.5. The molecule has 7 heteroatoms. The predicted molar refractivity (Wildman–Crippen MR) is 86.4 cm³/mol. The van der Waals surface area contributed by atoms with Gasteiger partial charge < -0.3 is 13.9 Å². The van der Waals surface area contributed by atoms with Crippen molar-refractivity contribution in [3.8, 4) is 0 Å². The number of hydrogen-bond acceptors (Lipinski definition) is 6. The number of rotatable bonds is 5. The Balaban J connectivity index is 1.52. The van der Waals surface area contributed by atoms with Crippen LogP contribution in [-0.4, -0.2) is 39.2 Å². The molecule has 2 aromatic rings. The lowest BCUT2D eigenvalue weighted by Crippen LogP contribution is -2.38. The van der Waals surface area contributed by atoms with E-state index >= 15 is 0 Å². The lowest BCUT2D eigenvalue weighted by Gasteiger charge is -2.30. The van der Waals surface area contributed by atoms with E-state index in [9.17, 15) is 4.79 Å². The van der Waals surface area contributed by atoms with Crippen LogP contribution in [0.4, 0.5) is 0 Å². The number of nitrogens with zero attached hydrogens (tertiary/aromatic N) is 4. The van der Waals surface area contributed by atoms with Crippen molar-refractivity contribution in [1.82, 2.24) is 20.2 Å². The molecule has 0 spiro atoms. The van der Waals surface area contributed by atoms with Gasteiger partial charge in [-0.15, -0.1) is 0 Å². The summed E-state index contributed by atoms with van der Waals surface area (Å²) < 4.78 is 10.2. The maximum Gasteiger partial charge on any atom is 0.292 e. The SMILES string of the molecule is Cc1nc(CC2CCN(C(=O)c3cc(CC(C)C)no3)CC2)no1. The van der Waals surface area contributed by atoms with Gasteiger partial charge in [-0.25, -0.2) is 0 Å². The molecular weight excluding hydrogens is 308 g/mol. The first-order valence-electron chi connectivity index (χ1n) is 8.55. The van der Waals surface area contributed by atoms with E-state index in [0.29, 0.717) is 23.5 Å². The standard InChI is InChI=1S/C17H24N4O3/c1-11(2)8-14-10-15(24-19-14)17(22)21-6-4-13(5-7-21)9-16-18-12(3)23-20-16/h10-11,13H,4-9H2,1-3H3. The van der Waals surface area contributed by atoms with E-state index in [4.69, 9.17) is 9.05 Å². The average Bonchev–Trinajstić information content (AvgIpc) is 3.16. The van der Waals surface area contributed by atoms with Crippen LogP contribution >= 0.6 is 0 Å². The van der Waals surface area contributed by atoms with Gasteiger partial charge in [0.2, 0.25) is 11.7 Å². The molecule has 1 aliphatic rings. The van der Waals surface area contributed by atoms with Gasteiger partial charge in [-0.2, -0.15) is 4.98 Å². The maximum absolute atomic E-state index is 12.5. The summed E-state index contributed by atoms with van der Waals surface area (Å²) in [6.45, 7) is 7.47. The van der Waals surface area contributed by atoms with E-state index in [2.05, 4.69) is 29.1 Å². The molecule has 0 aromatic carbocycles. The van der Waals surface area contributed by atoms with Crippen molar-refractivity contribution in [1.29, 1.82) is 0 Å². The number of hydrogen-bond donors (Lipinski definition) is 0. The lowest BCUT2D eigenvalue weighted by atomic mass is 9.93. The van der Waals surface area contributed by atoms with E-state index < -0.39 is 0 Å². The Morgan fingerprint density at radius 3 is 2.67 bits per heavy atom. The fourth-order valence-electron chi connectivity index (χ4n) is 3.11. The summed E-state index contributed by atoms with van der Waals surface area (Å²) >= 11 is 0. The summed E-state index contributed by atoms with van der Waals surface area (Å²) in [4.78, 5) is 18.6. The molecule has 24 heavy (non-hydrogen) atoms. The highest BCUT2D eigenvalue weighted by atomic mass is 16.5. The number of carbonyl (C=O) groups is 1. The van der Waals surface area contributed by atoms with Gasteiger partial charge in [0.05, 0.1) is 5.69 Å². The first-order valence-corrected chi connectivity index (χ1v) is 8.55. The Morgan fingerprint density at radius 2 is 2.04 bits per heavy atom. The minimum absolute atomic E-state index is 0.0636. The molecule has 0 bridgehead atoms. The molecule has 0 atom stereocenters. The highest BCUT2D eigenvalue weighted by Crippen LogP contribution is 2.22. The molecule has 0 N–H and O–H groups in total. The van der Waals surface area contributed by atoms with Gasteiger partial charge >= 0.3 is 0 Å². The first-order chi connectivity index (χ1) is 11.5. The second-order valence-corrected chi connectivity index (χ2v) is 6.95. The fourth-order valence-corrected chi connectivity index (χ4v) is 3.11. The highest BCUT2D eigenvalue weighted by Gasteiger charge is 2.27. The molecule has 0 radical (unpaired) electrons. The van der Waals surface area contributed by atoms with Crippen molar-refractivity contribution in [2.24, 2.45) is 11.8 Å². The number of carbonyl (C=O) groups excluding carboxylic acids is 1. The molecule has 0 unspecified atom stereocenters. The van der Waals surface area contributed by atoms with Gasteiger partial charge in [0, 0.05) is 32.5 Å². The van der Waals surface area contributed by atoms with Crippen LogP contribution in [0.15, 0.2) is 15.1 Å². The number of aryl methyl sites for hydroxylation is 1. The Morgan fingerprint density at radius 1 is 1.29 bits per heavy atom. The molecule has 0 saturated carbocycles. The summed E-state index contributed by atoms with van der Waals surface area (Å²) in [5.41, 5.74) is 0.843. The van der Waals surface area contributed by atoms with Crippen molar-refractivity contribution < 1.29 is 13.8 Å². The van der Waals surface area contributed by atoms with Gasteiger partial charge in [0.1, 0.15) is 0 Å². The molecule has 3 rings (SSSR count). The van der Waals surface area contributed by atoms with Gasteiger partial charge in [-0.3, -0.25) is 4.79 Å². The van der Waals surface area contributed by atoms with Crippen LogP contribution in [0.25, 0.3) is 0 Å². The van der Waals surface area contributed by atoms with E-state index in [1.54, 1.807) is 13.0 Å². The van der Waals surface area contributed by atoms with E-state index in [1.165, 1.54) is 0 Å². The van der Waals surface area contributed by atoms with Crippen LogP contribution < -0.4 is 0 Å². The normalized spacial score (nSPS) is 16.1. The van der Waals surface area contributed by atoms with E-state index in [1.807, 2.05) is 4.90 Å². The van der Waals surface area contributed by atoms with Crippen LogP contribution in [0, 0.1) is 18.8 Å². The van der Waals surface area contributed by atoms with Crippen LogP contribution in [0.5, 0.6) is 0 Å². The summed E-state index contributed by atoms with van der Waals surface area (Å²) in [6, 6.07) is 1.77. The van der Waals surface area contributed by atoms with E-state index in [-0.39, 0.29) is 5.91 Å². The third-order valence-electron chi connectivity index (χ3n) is 4.33. The molecule has 3 heterocycles. The minimum Gasteiger partial charge on any atom is -0.351 e. The highest BCUT2D eigenvalue weighted by molar-refractivity contribution is 5.91. The molecule has 0 aliphatic carbocycles. The summed E-state index contributed by atoms with van der Waals surface area (Å²) in [5, 5.41) is 7.94. The van der Waals surface area contributed by atoms with Crippen molar-refractivity contribution in [3.63, 3.8) is 0 Å². The lowest BCUT2D eigenvalue weighted by molar-refractivity contribution is 0.0647. The third-order valence-corrected chi connectivity index (χ3v) is 4.33. The van der Waals surface area contributed by atoms with Gasteiger partial charge in [0.25, 0.3) is 5.91 Å². The average molecular weight is 332 g/mol. The minimum atomic E-state index is -0.0636. The molecule has 2 aromatic heterocycles. The summed E-state index contributed by atoms with van der Waals surface area (Å²) in [5.74, 6) is 2.61. The molecule has 1 aliphatic heterocycles. The smallest absolute Gasteiger partial charge is 0.292 e. The fraction of sp³-hybridized carbons (Fsp3) is 0.647. The van der Waals surface area contributed by atoms with Crippen molar-refractivity contribution in [3.05, 3.63) is 29.2 Å². The van der Waals surface area contributed by atoms with Crippen LogP contribution in [0.2, 0.25) is 0 Å². The van der Waals surface area contributed by atoms with Crippen LogP contribution in [0.1, 0.15) is 54.7 Å². The van der Waals surface area contributed by atoms with Crippen molar-refractivity contribution in [2.75, 3.05) is 13.1 Å². The van der Waals surface area contributed by atoms with Crippen molar-refractivity contribution in [2.45, 2.75) is 46.5 Å². The molecular formula is C17H24N4O3.